The largest absolute Gasteiger partial charge is 0.493 e. The van der Waals surface area contributed by atoms with Gasteiger partial charge in [-0.2, -0.15) is 0 Å². The van der Waals surface area contributed by atoms with Gasteiger partial charge in [0.1, 0.15) is 12.3 Å². The highest BCUT2D eigenvalue weighted by Gasteiger charge is 2.69. The number of ketones is 1. The van der Waals surface area contributed by atoms with Crippen molar-refractivity contribution in [2.24, 2.45) is 11.7 Å². The maximum Gasteiger partial charge on any atom is 0.415 e. The lowest BCUT2D eigenvalue weighted by Crippen LogP contribution is -2.71. The molecular weight excluding hydrogens is 580 g/mol. The standard InChI is InChI=1S/C33H40N4O8/c1-36(14-13-35-31(41)23(34)17-27(39)40)32(42)44-21-7-4-19(5-8-21)18-37(2)15-12-33-22-9-10-25(38)30(33)45-29-26(43-3)11-6-20(28(29)33)16-24(22)37/h4-8,11,22-24,30H,9-10,12-18,34H2,1-3H3,(H-,35,39,40,41)/p+1/t22-,23-,24?,30-,33-,37+/m0/s1. The van der Waals surface area contributed by atoms with Crippen LogP contribution in [0.1, 0.15) is 42.4 Å². The van der Waals surface area contributed by atoms with Crippen LogP contribution >= 0.6 is 0 Å². The predicted molar refractivity (Wildman–Crippen MR) is 162 cm³/mol. The Morgan fingerprint density at radius 3 is 2.69 bits per heavy atom. The minimum Gasteiger partial charge on any atom is -0.493 e. The number of Topliss-reactive ketones (excluding diaryl/α,β-unsaturated/α-hetero) is 1. The third-order valence-electron chi connectivity index (χ3n) is 10.4. The Balaban J connectivity index is 1.10. The van der Waals surface area contributed by atoms with Crippen LogP contribution in [0.4, 0.5) is 4.79 Å². The number of ether oxygens (including phenoxy) is 3. The van der Waals surface area contributed by atoms with Crippen LogP contribution in [0.15, 0.2) is 36.4 Å². The number of hydrogen-bond acceptors (Lipinski definition) is 8. The summed E-state index contributed by atoms with van der Waals surface area (Å²) in [6.07, 6.45) is 1.73. The fraction of sp³-hybridized carbons (Fsp3) is 0.515. The van der Waals surface area contributed by atoms with E-state index in [1.165, 1.54) is 16.0 Å². The van der Waals surface area contributed by atoms with Gasteiger partial charge in [-0.3, -0.25) is 14.4 Å². The molecule has 2 aliphatic carbocycles. The second kappa shape index (κ2) is 11.6. The predicted octanol–water partition coefficient (Wildman–Crippen LogP) is 2.00. The zero-order chi connectivity index (χ0) is 32.1. The molecule has 1 saturated carbocycles. The molecule has 2 bridgehead atoms. The van der Waals surface area contributed by atoms with Crippen LogP contribution in [-0.4, -0.2) is 97.3 Å². The summed E-state index contributed by atoms with van der Waals surface area (Å²) in [5, 5.41) is 11.3. The number of benzene rings is 2. The molecule has 2 aromatic carbocycles. The molecule has 2 fully saturated rings. The van der Waals surface area contributed by atoms with E-state index in [0.717, 1.165) is 48.1 Å². The molecule has 240 valence electrons. The third-order valence-corrected chi connectivity index (χ3v) is 10.4. The number of rotatable bonds is 10. The topological polar surface area (TPSA) is 157 Å². The number of hydrogen-bond donors (Lipinski definition) is 3. The highest BCUT2D eigenvalue weighted by atomic mass is 16.6. The lowest BCUT2D eigenvalue weighted by atomic mass is 9.51. The van der Waals surface area contributed by atoms with Crippen molar-refractivity contribution in [1.29, 1.82) is 0 Å². The highest BCUT2D eigenvalue weighted by molar-refractivity contribution is 5.89. The molecule has 2 amide bonds. The summed E-state index contributed by atoms with van der Waals surface area (Å²) in [5.41, 5.74) is 8.88. The van der Waals surface area contributed by atoms with Crippen LogP contribution in [-0.2, 0) is 32.8 Å². The van der Waals surface area contributed by atoms with Crippen LogP contribution in [0, 0.1) is 5.92 Å². The summed E-state index contributed by atoms with van der Waals surface area (Å²) in [4.78, 5) is 49.8. The smallest absolute Gasteiger partial charge is 0.415 e. The van der Waals surface area contributed by atoms with Crippen molar-refractivity contribution < 1.29 is 43.0 Å². The van der Waals surface area contributed by atoms with Gasteiger partial charge in [0.2, 0.25) is 5.91 Å². The van der Waals surface area contributed by atoms with Crippen molar-refractivity contribution in [3.63, 3.8) is 0 Å². The molecule has 6 atom stereocenters. The Labute approximate surface area is 262 Å². The zero-order valence-electron chi connectivity index (χ0n) is 25.9. The molecule has 1 unspecified atom stereocenters. The van der Waals surface area contributed by atoms with Gasteiger partial charge < -0.3 is 39.8 Å². The summed E-state index contributed by atoms with van der Waals surface area (Å²) in [6, 6.07) is 10.9. The zero-order valence-corrected chi connectivity index (χ0v) is 25.9. The molecule has 45 heavy (non-hydrogen) atoms. The summed E-state index contributed by atoms with van der Waals surface area (Å²) in [7, 11) is 5.52. The Kier molecular flexibility index (Phi) is 7.98. The summed E-state index contributed by atoms with van der Waals surface area (Å²) < 4.78 is 18.5. The van der Waals surface area contributed by atoms with E-state index in [9.17, 15) is 19.2 Å². The van der Waals surface area contributed by atoms with Gasteiger partial charge in [0.15, 0.2) is 23.4 Å². The summed E-state index contributed by atoms with van der Waals surface area (Å²) in [6.45, 7) is 2.00. The number of carbonyl (C=O) groups is 4. The van der Waals surface area contributed by atoms with Gasteiger partial charge in [0.05, 0.1) is 44.6 Å². The minimum atomic E-state index is -1.16. The van der Waals surface area contributed by atoms with Crippen molar-refractivity contribution >= 4 is 23.8 Å². The van der Waals surface area contributed by atoms with Gasteiger partial charge in [-0.25, -0.2) is 4.79 Å². The van der Waals surface area contributed by atoms with Crippen molar-refractivity contribution in [3.05, 3.63) is 53.1 Å². The second-order valence-corrected chi connectivity index (χ2v) is 13.1. The van der Waals surface area contributed by atoms with E-state index in [1.807, 2.05) is 18.2 Å². The molecular formula is C33H41N4O8+. The maximum absolute atomic E-state index is 13.2. The quantitative estimate of drug-likeness (QED) is 0.338. The molecule has 2 aliphatic heterocycles. The number of carbonyl (C=O) groups excluding carboxylic acids is 3. The molecule has 4 N–H and O–H groups in total. The minimum absolute atomic E-state index is 0.108. The number of carboxylic acids is 1. The number of methoxy groups -OCH3 is 1. The van der Waals surface area contributed by atoms with E-state index in [4.69, 9.17) is 25.1 Å². The number of amides is 2. The number of quaternary nitrogens is 1. The lowest BCUT2D eigenvalue weighted by molar-refractivity contribution is -0.957. The van der Waals surface area contributed by atoms with Crippen LogP contribution < -0.4 is 25.3 Å². The highest BCUT2D eigenvalue weighted by Crippen LogP contribution is 2.64. The number of aliphatic carboxylic acids is 1. The van der Waals surface area contributed by atoms with E-state index < -0.39 is 36.5 Å². The number of likely N-dealkylation sites (N-methyl/N-ethyl adjacent to an activating group) is 2. The van der Waals surface area contributed by atoms with Gasteiger partial charge in [-0.05, 0) is 42.3 Å². The van der Waals surface area contributed by atoms with Crippen LogP contribution in [0.25, 0.3) is 0 Å². The van der Waals surface area contributed by atoms with Crippen molar-refractivity contribution in [2.75, 3.05) is 40.8 Å². The summed E-state index contributed by atoms with van der Waals surface area (Å²) in [5.74, 6) is 0.685. The van der Waals surface area contributed by atoms with Crippen LogP contribution in [0.5, 0.6) is 17.2 Å². The molecule has 12 heteroatoms. The van der Waals surface area contributed by atoms with Gasteiger partial charge in [0.25, 0.3) is 0 Å². The summed E-state index contributed by atoms with van der Waals surface area (Å²) >= 11 is 0. The molecule has 6 rings (SSSR count). The van der Waals surface area contributed by atoms with E-state index in [0.29, 0.717) is 29.9 Å². The SMILES string of the molecule is COc1ccc2c3c1O[C@H]1C(=O)CC[C@H]4C(C2)[N@@+](C)(Cc2ccc(OC(=O)N(C)CCNC(=O)[C@@H](N)CC(=O)O)cc2)CC[C@]314. The van der Waals surface area contributed by atoms with Crippen LogP contribution in [0.3, 0.4) is 0 Å². The lowest BCUT2D eigenvalue weighted by Gasteiger charge is -2.60. The normalized spacial score (nSPS) is 27.9. The van der Waals surface area contributed by atoms with Crippen LogP contribution in [0.2, 0.25) is 0 Å². The number of carboxylic acid groups (broad SMARTS) is 1. The first-order chi connectivity index (χ1) is 21.5. The van der Waals surface area contributed by atoms with Gasteiger partial charge >= 0.3 is 12.1 Å². The van der Waals surface area contributed by atoms with Crippen molar-refractivity contribution in [2.45, 2.75) is 62.3 Å². The number of likely N-dealkylation sites (tertiary alicyclic amines) is 1. The number of piperidine rings is 1. The molecule has 4 aliphatic rings. The molecule has 2 aromatic rings. The molecule has 0 aromatic heterocycles. The Morgan fingerprint density at radius 2 is 1.98 bits per heavy atom. The molecule has 0 radical (unpaired) electrons. The number of nitrogens with zero attached hydrogens (tertiary/aromatic N) is 2. The molecule has 12 nitrogen and oxygen atoms in total. The molecule has 1 saturated heterocycles. The van der Waals surface area contributed by atoms with E-state index >= 15 is 0 Å². The van der Waals surface area contributed by atoms with Gasteiger partial charge in [-0.15, -0.1) is 0 Å². The third kappa shape index (κ3) is 5.29. The fourth-order valence-corrected chi connectivity index (χ4v) is 8.25. The Bertz CT molecular complexity index is 1530. The number of nitrogens with two attached hydrogens (primary N) is 1. The monoisotopic (exact) mass is 621 g/mol. The first-order valence-electron chi connectivity index (χ1n) is 15.5. The molecule has 1 spiro atoms. The van der Waals surface area contributed by atoms with E-state index in [1.54, 1.807) is 26.3 Å². The maximum atomic E-state index is 13.2. The average molecular weight is 622 g/mol. The fourth-order valence-electron chi connectivity index (χ4n) is 8.25. The Morgan fingerprint density at radius 1 is 1.22 bits per heavy atom. The first-order valence-corrected chi connectivity index (χ1v) is 15.5. The van der Waals surface area contributed by atoms with E-state index in [-0.39, 0.29) is 24.3 Å². The second-order valence-electron chi connectivity index (χ2n) is 13.1. The number of nitrogens with one attached hydrogen (secondary N) is 1. The van der Waals surface area contributed by atoms with Crippen molar-refractivity contribution in [1.82, 2.24) is 10.2 Å². The van der Waals surface area contributed by atoms with E-state index in [2.05, 4.69) is 18.4 Å². The Hall–Kier alpha value is -4.16. The molecule has 2 heterocycles. The average Bonchev–Trinajstić information content (AvgIpc) is 3.36. The van der Waals surface area contributed by atoms with Gasteiger partial charge in [-0.1, -0.05) is 6.07 Å². The first kappa shape index (κ1) is 30.8. The van der Waals surface area contributed by atoms with Gasteiger partial charge in [0, 0.05) is 56.4 Å². The van der Waals surface area contributed by atoms with Crippen molar-refractivity contribution in [3.8, 4) is 17.2 Å².